The number of urea groups is 1. The van der Waals surface area contributed by atoms with Crippen LogP contribution in [0.15, 0.2) is 12.7 Å². The summed E-state index contributed by atoms with van der Waals surface area (Å²) in [6, 6.07) is -4.14. The van der Waals surface area contributed by atoms with E-state index in [0.717, 1.165) is 25.7 Å². The highest BCUT2D eigenvalue weighted by atomic mass is 16.2. The summed E-state index contributed by atoms with van der Waals surface area (Å²) in [6.07, 6.45) is 8.32. The minimum atomic E-state index is -1.05. The molecule has 1 saturated carbocycles. The van der Waals surface area contributed by atoms with Gasteiger partial charge in [0.15, 0.2) is 0 Å². The number of hydrogen-bond acceptors (Lipinski definition) is 7. The van der Waals surface area contributed by atoms with Crippen LogP contribution in [-0.4, -0.2) is 95.0 Å². The number of carbonyl (C=O) groups is 7. The lowest BCUT2D eigenvalue weighted by Gasteiger charge is -2.43. The topological polar surface area (TPSA) is 174 Å². The van der Waals surface area contributed by atoms with Crippen molar-refractivity contribution < 1.29 is 33.6 Å². The molecule has 3 rings (SSSR count). The number of unbranched alkanes of at least 4 members (excludes halogenated alkanes) is 1. The first-order chi connectivity index (χ1) is 25.2. The fourth-order valence-corrected chi connectivity index (χ4v) is 8.25. The van der Waals surface area contributed by atoms with Crippen LogP contribution in [0.5, 0.6) is 0 Å². The average Bonchev–Trinajstić information content (AvgIpc) is 3.54. The highest BCUT2D eigenvalue weighted by Crippen LogP contribution is 2.41. The molecule has 0 aromatic carbocycles. The van der Waals surface area contributed by atoms with Gasteiger partial charge >= 0.3 is 6.03 Å². The predicted octanol–water partition coefficient (Wildman–Crippen LogP) is 4.63. The zero-order chi connectivity index (χ0) is 40.6. The van der Waals surface area contributed by atoms with Crippen molar-refractivity contribution in [1.82, 2.24) is 31.1 Å². The molecule has 3 aliphatic rings. The third-order valence-corrected chi connectivity index (χ3v) is 11.8. The fourth-order valence-electron chi connectivity index (χ4n) is 8.25. The Bertz CT molecular complexity index is 1390. The number of amides is 7. The molecule has 0 aromatic rings. The van der Waals surface area contributed by atoms with E-state index in [2.05, 4.69) is 27.8 Å². The van der Waals surface area contributed by atoms with Gasteiger partial charge in [-0.3, -0.25) is 33.7 Å². The van der Waals surface area contributed by atoms with Gasteiger partial charge in [0.2, 0.25) is 29.4 Å². The Kier molecular flexibility index (Phi) is 15.5. The molecule has 0 bridgehead atoms. The number of nitrogens with one attached hydrogen (secondary N) is 4. The summed E-state index contributed by atoms with van der Waals surface area (Å²) in [4.78, 5) is 98.0. The number of imide groups is 1. The van der Waals surface area contributed by atoms with Crippen molar-refractivity contribution in [3.8, 4) is 0 Å². The maximum Gasteiger partial charge on any atom is 0.315 e. The van der Waals surface area contributed by atoms with Gasteiger partial charge in [0.1, 0.15) is 12.1 Å². The number of hydrogen-bond donors (Lipinski definition) is 4. The van der Waals surface area contributed by atoms with Crippen LogP contribution in [0.4, 0.5) is 4.79 Å². The van der Waals surface area contributed by atoms with Crippen molar-refractivity contribution in [1.29, 1.82) is 0 Å². The highest BCUT2D eigenvalue weighted by molar-refractivity contribution is 6.38. The number of carbonyl (C=O) groups excluding carboxylic acids is 7. The van der Waals surface area contributed by atoms with Crippen molar-refractivity contribution in [3.05, 3.63) is 12.7 Å². The summed E-state index contributed by atoms with van der Waals surface area (Å²) in [6.45, 7) is 21.5. The van der Waals surface area contributed by atoms with Crippen molar-refractivity contribution in [2.24, 2.45) is 28.1 Å². The number of Topliss-reactive ketones (excluding diaryl/α,β-unsaturated/α-hetero) is 1. The second-order valence-electron chi connectivity index (χ2n) is 18.3. The molecule has 7 amide bonds. The maximum absolute atomic E-state index is 14.9. The van der Waals surface area contributed by atoms with Gasteiger partial charge in [0.25, 0.3) is 5.91 Å². The zero-order valence-corrected chi connectivity index (χ0v) is 34.4. The Labute approximate surface area is 322 Å². The second-order valence-corrected chi connectivity index (χ2v) is 18.3. The Balaban J connectivity index is 1.92. The van der Waals surface area contributed by atoms with E-state index in [1.165, 1.54) is 11.0 Å². The number of nitrogens with zero attached hydrogens (tertiary/aromatic N) is 2. The van der Waals surface area contributed by atoms with Crippen molar-refractivity contribution in [2.75, 3.05) is 19.6 Å². The molecule has 2 heterocycles. The van der Waals surface area contributed by atoms with Gasteiger partial charge < -0.3 is 26.2 Å². The molecule has 5 atom stereocenters. The molecule has 0 aromatic heterocycles. The summed E-state index contributed by atoms with van der Waals surface area (Å²) in [5.41, 5.74) is -1.58. The SMILES string of the molecule is C=CCNC(=O)C(=O)C(CCCC)NC(=O)[C@@H]1[C@@H](C(C)C)CCN1C(=O)[C@@H](NC(=O)N[C@H](CN1C(=O)CC(C)(C)CC1=O)C(C)(C)C)C1(C)CCCCC1. The van der Waals surface area contributed by atoms with Gasteiger partial charge in [-0.25, -0.2) is 4.79 Å². The first-order valence-electron chi connectivity index (χ1n) is 20.1. The molecule has 3 fully saturated rings. The summed E-state index contributed by atoms with van der Waals surface area (Å²) >= 11 is 0. The third-order valence-electron chi connectivity index (χ3n) is 11.8. The number of piperidine rings is 1. The lowest BCUT2D eigenvalue weighted by atomic mass is 9.70. The summed E-state index contributed by atoms with van der Waals surface area (Å²) in [5, 5.41) is 11.4. The zero-order valence-electron chi connectivity index (χ0n) is 34.4. The van der Waals surface area contributed by atoms with Crippen LogP contribution in [0.3, 0.4) is 0 Å². The monoisotopic (exact) mass is 757 g/mol. The van der Waals surface area contributed by atoms with Gasteiger partial charge in [-0.15, -0.1) is 6.58 Å². The number of ketones is 1. The van der Waals surface area contributed by atoms with E-state index in [1.807, 2.05) is 62.3 Å². The Morgan fingerprint density at radius 3 is 2.09 bits per heavy atom. The van der Waals surface area contributed by atoms with Crippen molar-refractivity contribution in [2.45, 2.75) is 157 Å². The van der Waals surface area contributed by atoms with Gasteiger partial charge in [0, 0.05) is 32.5 Å². The van der Waals surface area contributed by atoms with E-state index in [0.29, 0.717) is 32.2 Å². The summed E-state index contributed by atoms with van der Waals surface area (Å²) in [5.74, 6) is -3.14. The molecule has 0 radical (unpaired) electrons. The van der Waals surface area contributed by atoms with Gasteiger partial charge in [-0.05, 0) is 53.8 Å². The van der Waals surface area contributed by atoms with Gasteiger partial charge in [0.05, 0.1) is 12.1 Å². The van der Waals surface area contributed by atoms with Crippen molar-refractivity contribution in [3.63, 3.8) is 0 Å². The normalized spacial score (nSPS) is 22.9. The second kappa shape index (κ2) is 18.7. The molecule has 4 N–H and O–H groups in total. The molecule has 2 aliphatic heterocycles. The molecule has 1 aliphatic carbocycles. The first-order valence-corrected chi connectivity index (χ1v) is 20.1. The third kappa shape index (κ3) is 11.4. The van der Waals surface area contributed by atoms with Crippen LogP contribution in [0.25, 0.3) is 0 Å². The highest BCUT2D eigenvalue weighted by Gasteiger charge is 2.50. The van der Waals surface area contributed by atoms with E-state index >= 15 is 0 Å². The van der Waals surface area contributed by atoms with E-state index in [-0.39, 0.29) is 61.9 Å². The molecule has 13 heteroatoms. The predicted molar refractivity (Wildman–Crippen MR) is 208 cm³/mol. The molecule has 13 nitrogen and oxygen atoms in total. The molecular formula is C41H68N6O7. The number of rotatable bonds is 16. The van der Waals surface area contributed by atoms with E-state index < -0.39 is 64.0 Å². The Hall–Kier alpha value is -3.77. The van der Waals surface area contributed by atoms with Crippen LogP contribution in [0.2, 0.25) is 0 Å². The lowest BCUT2D eigenvalue weighted by molar-refractivity contribution is -0.153. The van der Waals surface area contributed by atoms with Gasteiger partial charge in [-0.2, -0.15) is 0 Å². The smallest absolute Gasteiger partial charge is 0.315 e. The molecule has 54 heavy (non-hydrogen) atoms. The van der Waals surface area contributed by atoms with E-state index in [9.17, 15) is 33.6 Å². The van der Waals surface area contributed by atoms with Crippen LogP contribution < -0.4 is 21.3 Å². The van der Waals surface area contributed by atoms with E-state index in [4.69, 9.17) is 0 Å². The van der Waals surface area contributed by atoms with Crippen molar-refractivity contribution >= 4 is 41.4 Å². The van der Waals surface area contributed by atoms with Crippen LogP contribution in [0, 0.1) is 28.1 Å². The van der Waals surface area contributed by atoms with Gasteiger partial charge in [-0.1, -0.05) is 100 Å². The first kappa shape index (κ1) is 44.6. The number of likely N-dealkylation sites (tertiary alicyclic amines) is 2. The molecule has 0 spiro atoms. The standard InChI is InChI=1S/C41H68N6O7/c1-11-13-17-28(33(50)36(52)42-21-12-2)43-35(51)32-27(26(3)4)18-22-46(32)37(53)34(41(10)19-15-14-16-20-41)45-38(54)44-29(39(5,6)7)25-47-30(48)23-40(8,9)24-31(47)49/h12,26-29,32,34H,2,11,13-25H2,1,3-10H3,(H,42,52)(H,43,51)(H2,44,45,54)/t27-,28?,29-,32+,34-/m1/s1. The quantitative estimate of drug-likeness (QED) is 0.101. The maximum atomic E-state index is 14.9. The minimum absolute atomic E-state index is 0.00845. The summed E-state index contributed by atoms with van der Waals surface area (Å²) < 4.78 is 0. The summed E-state index contributed by atoms with van der Waals surface area (Å²) in [7, 11) is 0. The lowest BCUT2D eigenvalue weighted by Crippen LogP contribution is -2.63. The Morgan fingerprint density at radius 2 is 1.56 bits per heavy atom. The van der Waals surface area contributed by atoms with Crippen LogP contribution >= 0.6 is 0 Å². The minimum Gasteiger partial charge on any atom is -0.346 e. The van der Waals surface area contributed by atoms with Crippen LogP contribution in [-0.2, 0) is 28.8 Å². The fraction of sp³-hybridized carbons (Fsp3) is 0.780. The largest absolute Gasteiger partial charge is 0.346 e. The van der Waals surface area contributed by atoms with Crippen LogP contribution in [0.1, 0.15) is 133 Å². The Morgan fingerprint density at radius 1 is 0.944 bits per heavy atom. The molecule has 1 unspecified atom stereocenters. The molecule has 2 saturated heterocycles. The molecule has 304 valence electrons. The van der Waals surface area contributed by atoms with E-state index in [1.54, 1.807) is 4.90 Å². The average molecular weight is 757 g/mol. The molecular weight excluding hydrogens is 688 g/mol.